The summed E-state index contributed by atoms with van der Waals surface area (Å²) in [6.07, 6.45) is 0.795. The van der Waals surface area contributed by atoms with Crippen LogP contribution in [0.5, 0.6) is 0 Å². The first-order valence-corrected chi connectivity index (χ1v) is 9.01. The topological polar surface area (TPSA) is 74.2 Å². The van der Waals surface area contributed by atoms with Crippen LogP contribution in [0.2, 0.25) is 0 Å². The van der Waals surface area contributed by atoms with E-state index in [2.05, 4.69) is 10.2 Å². The minimum absolute atomic E-state index is 0. The van der Waals surface area contributed by atoms with Crippen molar-refractivity contribution in [3.63, 3.8) is 0 Å². The van der Waals surface area contributed by atoms with Gasteiger partial charge in [-0.2, -0.15) is 0 Å². The number of hydrogen-bond donors (Lipinski definition) is 1. The molecule has 27 heavy (non-hydrogen) atoms. The average Bonchev–Trinajstić information content (AvgIpc) is 2.67. The minimum atomic E-state index is -0.325. The summed E-state index contributed by atoms with van der Waals surface area (Å²) in [5, 5.41) is 3.33. The molecule has 1 aliphatic rings. The van der Waals surface area contributed by atoms with Gasteiger partial charge in [0.2, 0.25) is 5.91 Å². The van der Waals surface area contributed by atoms with Crippen LogP contribution in [0.15, 0.2) is 29.3 Å². The Balaban J connectivity index is 0.00000364. The maximum atomic E-state index is 11.5. The van der Waals surface area contributed by atoms with Crippen molar-refractivity contribution in [3.05, 3.63) is 35.4 Å². The Morgan fingerprint density at radius 1 is 1.11 bits per heavy atom. The quantitative estimate of drug-likeness (QED) is 0.296. The number of rotatable bonds is 5. The third-order valence-electron chi connectivity index (χ3n) is 4.40. The van der Waals surface area contributed by atoms with E-state index < -0.39 is 0 Å². The predicted octanol–water partition coefficient (Wildman–Crippen LogP) is 1.76. The van der Waals surface area contributed by atoms with Gasteiger partial charge in [-0.3, -0.25) is 9.79 Å². The number of piperazine rings is 1. The van der Waals surface area contributed by atoms with Crippen LogP contribution in [-0.4, -0.2) is 74.0 Å². The van der Waals surface area contributed by atoms with E-state index in [4.69, 9.17) is 9.73 Å². The van der Waals surface area contributed by atoms with Gasteiger partial charge in [0.1, 0.15) is 0 Å². The van der Waals surface area contributed by atoms with Gasteiger partial charge < -0.3 is 19.9 Å². The van der Waals surface area contributed by atoms with E-state index in [-0.39, 0.29) is 35.9 Å². The second-order valence-corrected chi connectivity index (χ2v) is 6.17. The minimum Gasteiger partial charge on any atom is -0.465 e. The monoisotopic (exact) mass is 488 g/mol. The molecule has 1 N–H and O–H groups in total. The molecule has 1 aliphatic heterocycles. The standard InChI is InChI=1S/C19H28N4O3.HI/c1-4-20-19(23-13-11-22(12-14-23)15(2)24)21-10-9-16-5-7-17(8-6-16)18(25)26-3;/h5-8H,4,9-14H2,1-3H3,(H,20,21);1H. The second kappa shape index (κ2) is 11.8. The molecule has 150 valence electrons. The van der Waals surface area contributed by atoms with Gasteiger partial charge >= 0.3 is 5.97 Å². The van der Waals surface area contributed by atoms with Gasteiger partial charge in [0.15, 0.2) is 5.96 Å². The number of aliphatic imine (C=N–C) groups is 1. The zero-order valence-corrected chi connectivity index (χ0v) is 18.6. The number of carbonyl (C=O) groups is 2. The van der Waals surface area contributed by atoms with Crippen molar-refractivity contribution in [2.24, 2.45) is 4.99 Å². The summed E-state index contributed by atoms with van der Waals surface area (Å²) in [6, 6.07) is 7.41. The van der Waals surface area contributed by atoms with Crippen molar-refractivity contribution in [1.29, 1.82) is 0 Å². The zero-order valence-electron chi connectivity index (χ0n) is 16.2. The number of nitrogens with one attached hydrogen (secondary N) is 1. The molecule has 0 aromatic heterocycles. The van der Waals surface area contributed by atoms with E-state index >= 15 is 0 Å². The fraction of sp³-hybridized carbons (Fsp3) is 0.526. The van der Waals surface area contributed by atoms with Crippen LogP contribution < -0.4 is 5.32 Å². The van der Waals surface area contributed by atoms with Crippen LogP contribution in [0.1, 0.15) is 29.8 Å². The number of benzene rings is 1. The fourth-order valence-corrected chi connectivity index (χ4v) is 2.88. The van der Waals surface area contributed by atoms with E-state index in [0.29, 0.717) is 12.1 Å². The summed E-state index contributed by atoms with van der Waals surface area (Å²) in [7, 11) is 1.38. The van der Waals surface area contributed by atoms with Crippen molar-refractivity contribution in [3.8, 4) is 0 Å². The first kappa shape index (κ1) is 23.2. The lowest BCUT2D eigenvalue weighted by Crippen LogP contribution is -2.53. The molecule has 2 rings (SSSR count). The molecule has 0 aliphatic carbocycles. The number of methoxy groups -OCH3 is 1. The molecule has 0 radical (unpaired) electrons. The number of amides is 1. The van der Waals surface area contributed by atoms with Gasteiger partial charge in [-0.1, -0.05) is 12.1 Å². The van der Waals surface area contributed by atoms with Crippen LogP contribution in [0.4, 0.5) is 0 Å². The summed E-state index contributed by atoms with van der Waals surface area (Å²) >= 11 is 0. The Morgan fingerprint density at radius 3 is 2.22 bits per heavy atom. The van der Waals surface area contributed by atoms with Crippen LogP contribution in [0, 0.1) is 0 Å². The maximum Gasteiger partial charge on any atom is 0.337 e. The summed E-state index contributed by atoms with van der Waals surface area (Å²) in [5.74, 6) is 0.692. The third kappa shape index (κ3) is 7.00. The Labute approximate surface area is 178 Å². The summed E-state index contributed by atoms with van der Waals surface area (Å²) < 4.78 is 4.71. The van der Waals surface area contributed by atoms with Gasteiger partial charge in [0, 0.05) is 46.2 Å². The molecule has 8 heteroatoms. The van der Waals surface area contributed by atoms with E-state index in [1.165, 1.54) is 7.11 Å². The lowest BCUT2D eigenvalue weighted by molar-refractivity contribution is -0.130. The first-order valence-electron chi connectivity index (χ1n) is 9.01. The highest BCUT2D eigenvalue weighted by atomic mass is 127. The SMILES string of the molecule is CCNC(=NCCc1ccc(C(=O)OC)cc1)N1CCN(C(C)=O)CC1.I. The van der Waals surface area contributed by atoms with Gasteiger partial charge in [0.25, 0.3) is 0 Å². The molecule has 1 fully saturated rings. The Bertz CT molecular complexity index is 641. The number of hydrogen-bond acceptors (Lipinski definition) is 4. The Hall–Kier alpha value is -1.84. The average molecular weight is 488 g/mol. The lowest BCUT2D eigenvalue weighted by atomic mass is 10.1. The molecular weight excluding hydrogens is 459 g/mol. The molecule has 1 aromatic rings. The van der Waals surface area contributed by atoms with E-state index in [1.807, 2.05) is 24.0 Å². The Morgan fingerprint density at radius 2 is 1.70 bits per heavy atom. The largest absolute Gasteiger partial charge is 0.465 e. The Kier molecular flexibility index (Phi) is 10.1. The molecule has 1 saturated heterocycles. The molecule has 1 amide bonds. The van der Waals surface area contributed by atoms with Gasteiger partial charge in [-0.05, 0) is 31.0 Å². The van der Waals surface area contributed by atoms with Crippen molar-refractivity contribution < 1.29 is 14.3 Å². The van der Waals surface area contributed by atoms with Gasteiger partial charge in [-0.15, -0.1) is 24.0 Å². The van der Waals surface area contributed by atoms with E-state index in [9.17, 15) is 9.59 Å². The predicted molar refractivity (Wildman–Crippen MR) is 117 cm³/mol. The van der Waals surface area contributed by atoms with Crippen molar-refractivity contribution in [1.82, 2.24) is 15.1 Å². The number of guanidine groups is 1. The van der Waals surface area contributed by atoms with Gasteiger partial charge in [0.05, 0.1) is 12.7 Å². The molecule has 0 atom stereocenters. The zero-order chi connectivity index (χ0) is 18.9. The summed E-state index contributed by atoms with van der Waals surface area (Å²) in [6.45, 7) is 8.17. The molecule has 0 saturated carbocycles. The van der Waals surface area contributed by atoms with Crippen LogP contribution in [-0.2, 0) is 16.0 Å². The van der Waals surface area contributed by atoms with Crippen molar-refractivity contribution >= 4 is 41.8 Å². The number of halogens is 1. The molecule has 0 unspecified atom stereocenters. The molecule has 0 spiro atoms. The highest BCUT2D eigenvalue weighted by molar-refractivity contribution is 14.0. The highest BCUT2D eigenvalue weighted by Crippen LogP contribution is 2.07. The number of carbonyl (C=O) groups excluding carboxylic acids is 2. The molecule has 0 bridgehead atoms. The van der Waals surface area contributed by atoms with Crippen molar-refractivity contribution in [2.75, 3.05) is 46.4 Å². The van der Waals surface area contributed by atoms with Gasteiger partial charge in [-0.25, -0.2) is 4.79 Å². The summed E-state index contributed by atoms with van der Waals surface area (Å²) in [4.78, 5) is 31.7. The number of ether oxygens (including phenoxy) is 1. The third-order valence-corrected chi connectivity index (χ3v) is 4.40. The van der Waals surface area contributed by atoms with Crippen LogP contribution >= 0.6 is 24.0 Å². The summed E-state index contributed by atoms with van der Waals surface area (Å²) in [5.41, 5.74) is 1.68. The lowest BCUT2D eigenvalue weighted by Gasteiger charge is -2.36. The molecule has 1 aromatic carbocycles. The smallest absolute Gasteiger partial charge is 0.337 e. The molecular formula is C19H29IN4O3. The van der Waals surface area contributed by atoms with E-state index in [0.717, 1.165) is 50.7 Å². The van der Waals surface area contributed by atoms with Crippen LogP contribution in [0.3, 0.4) is 0 Å². The fourth-order valence-electron chi connectivity index (χ4n) is 2.88. The van der Waals surface area contributed by atoms with Crippen LogP contribution in [0.25, 0.3) is 0 Å². The normalized spacial score (nSPS) is 14.4. The second-order valence-electron chi connectivity index (χ2n) is 6.17. The molecule has 1 heterocycles. The number of esters is 1. The number of nitrogens with zero attached hydrogens (tertiary/aromatic N) is 3. The maximum absolute atomic E-state index is 11.5. The van der Waals surface area contributed by atoms with E-state index in [1.54, 1.807) is 19.1 Å². The highest BCUT2D eigenvalue weighted by Gasteiger charge is 2.20. The molecule has 7 nitrogen and oxygen atoms in total. The van der Waals surface area contributed by atoms with Crippen molar-refractivity contribution in [2.45, 2.75) is 20.3 Å². The first-order chi connectivity index (χ1) is 12.5.